The Morgan fingerprint density at radius 1 is 1.19 bits per heavy atom. The lowest BCUT2D eigenvalue weighted by atomic mass is 10.0. The number of nitrogens with zero attached hydrogens (tertiary/aromatic N) is 3. The van der Waals surface area contributed by atoms with Gasteiger partial charge in [-0.05, 0) is 19.8 Å². The Labute approximate surface area is 195 Å². The van der Waals surface area contributed by atoms with E-state index in [1.165, 1.54) is 6.07 Å². The number of amides is 1. The molecule has 4 rings (SSSR count). The van der Waals surface area contributed by atoms with Gasteiger partial charge in [-0.25, -0.2) is 14.8 Å². The first-order valence-electron chi connectivity index (χ1n) is 10.5. The summed E-state index contributed by atoms with van der Waals surface area (Å²) in [5, 5.41) is 19.7. The maximum absolute atomic E-state index is 12.6. The Kier molecular flexibility index (Phi) is 6.85. The smallest absolute Gasteiger partial charge is 0.354 e. The van der Waals surface area contributed by atoms with E-state index in [0.29, 0.717) is 54.8 Å². The molecular formula is C20H25Cl2N7O3. The number of carboxylic acids is 1. The van der Waals surface area contributed by atoms with E-state index in [1.54, 1.807) is 6.92 Å². The number of H-pyrrole nitrogens is 1. The zero-order valence-electron chi connectivity index (χ0n) is 17.5. The minimum Gasteiger partial charge on any atom is -0.477 e. The standard InChI is InChI=1S/C20H25Cl2N7O3/c1-10-15(21)16(22)17(25-10)19(30)26-11-2-6-29(7-3-11)14-8-12(20(31)32)27-18(28-14)13-9-23-4-5-24-13/h8,11,13,23-25H,2-7,9H2,1H3,(H,26,30)(H,31,32). The molecule has 0 saturated carbocycles. The highest BCUT2D eigenvalue weighted by molar-refractivity contribution is 6.44. The van der Waals surface area contributed by atoms with E-state index < -0.39 is 5.97 Å². The average molecular weight is 482 g/mol. The number of hydrogen-bond acceptors (Lipinski definition) is 7. The van der Waals surface area contributed by atoms with Crippen LogP contribution in [0.3, 0.4) is 0 Å². The molecule has 1 amide bonds. The number of anilines is 1. The fraction of sp³-hybridized carbons (Fsp3) is 0.500. The fourth-order valence-corrected chi connectivity index (χ4v) is 4.37. The normalized spacial score (nSPS) is 19.7. The van der Waals surface area contributed by atoms with Gasteiger partial charge < -0.3 is 30.9 Å². The van der Waals surface area contributed by atoms with Crippen molar-refractivity contribution in [2.45, 2.75) is 31.8 Å². The van der Waals surface area contributed by atoms with E-state index in [9.17, 15) is 14.7 Å². The number of carbonyl (C=O) groups is 2. The van der Waals surface area contributed by atoms with Crippen molar-refractivity contribution in [3.8, 4) is 0 Å². The number of aromatic amines is 1. The molecule has 32 heavy (non-hydrogen) atoms. The van der Waals surface area contributed by atoms with Crippen LogP contribution in [0, 0.1) is 6.92 Å². The summed E-state index contributed by atoms with van der Waals surface area (Å²) in [7, 11) is 0. The number of piperidine rings is 1. The molecule has 10 nitrogen and oxygen atoms in total. The molecule has 4 heterocycles. The third-order valence-corrected chi connectivity index (χ3v) is 6.68. The van der Waals surface area contributed by atoms with Crippen molar-refractivity contribution < 1.29 is 14.7 Å². The van der Waals surface area contributed by atoms with E-state index in [2.05, 4.69) is 30.9 Å². The summed E-state index contributed by atoms with van der Waals surface area (Å²) < 4.78 is 0. The van der Waals surface area contributed by atoms with Crippen molar-refractivity contribution in [1.82, 2.24) is 30.9 Å². The molecule has 0 aliphatic carbocycles. The predicted octanol–water partition coefficient (Wildman–Crippen LogP) is 1.75. The lowest BCUT2D eigenvalue weighted by Gasteiger charge is -2.33. The van der Waals surface area contributed by atoms with Gasteiger partial charge in [0.05, 0.1) is 16.1 Å². The molecule has 12 heteroatoms. The molecule has 5 N–H and O–H groups in total. The van der Waals surface area contributed by atoms with Crippen LogP contribution < -0.4 is 20.9 Å². The molecule has 2 aromatic rings. The molecule has 2 aliphatic heterocycles. The summed E-state index contributed by atoms with van der Waals surface area (Å²) >= 11 is 12.2. The molecule has 172 valence electrons. The van der Waals surface area contributed by atoms with Crippen molar-refractivity contribution in [2.75, 3.05) is 37.6 Å². The molecule has 2 fully saturated rings. The van der Waals surface area contributed by atoms with Gasteiger partial charge >= 0.3 is 5.97 Å². The molecule has 0 radical (unpaired) electrons. The van der Waals surface area contributed by atoms with Crippen LogP contribution in [0.4, 0.5) is 5.82 Å². The summed E-state index contributed by atoms with van der Waals surface area (Å²) in [6.07, 6.45) is 1.36. The molecule has 0 aromatic carbocycles. The second-order valence-corrected chi connectivity index (χ2v) is 8.73. The molecule has 0 bridgehead atoms. The number of aryl methyl sites for hydroxylation is 1. The highest BCUT2D eigenvalue weighted by Crippen LogP contribution is 2.29. The number of piperazine rings is 1. The van der Waals surface area contributed by atoms with E-state index >= 15 is 0 Å². The molecule has 2 aliphatic rings. The Balaban J connectivity index is 1.43. The van der Waals surface area contributed by atoms with Gasteiger partial charge in [-0.1, -0.05) is 23.2 Å². The van der Waals surface area contributed by atoms with Gasteiger partial charge in [-0.2, -0.15) is 0 Å². The molecule has 1 atom stereocenters. The van der Waals surface area contributed by atoms with Gasteiger partial charge in [-0.3, -0.25) is 4.79 Å². The highest BCUT2D eigenvalue weighted by Gasteiger charge is 2.27. The Morgan fingerprint density at radius 3 is 2.53 bits per heavy atom. The number of aromatic nitrogens is 3. The quantitative estimate of drug-likeness (QED) is 0.435. The number of rotatable bonds is 5. The number of hydrogen-bond donors (Lipinski definition) is 5. The Hall–Kier alpha value is -2.40. The van der Waals surface area contributed by atoms with Crippen molar-refractivity contribution in [3.05, 3.63) is 39.0 Å². The van der Waals surface area contributed by atoms with Gasteiger partial charge in [-0.15, -0.1) is 0 Å². The average Bonchev–Trinajstić information content (AvgIpc) is 3.07. The Morgan fingerprint density at radius 2 is 1.94 bits per heavy atom. The summed E-state index contributed by atoms with van der Waals surface area (Å²) in [6, 6.07) is 1.32. The highest BCUT2D eigenvalue weighted by atomic mass is 35.5. The summed E-state index contributed by atoms with van der Waals surface area (Å²) in [5.41, 5.74) is 0.881. The van der Waals surface area contributed by atoms with Crippen LogP contribution in [-0.4, -0.2) is 70.7 Å². The molecule has 2 aromatic heterocycles. The minimum absolute atomic E-state index is 0.0264. The van der Waals surface area contributed by atoms with Crippen LogP contribution >= 0.6 is 23.2 Å². The van der Waals surface area contributed by atoms with Gasteiger partial charge in [0.2, 0.25) is 0 Å². The van der Waals surface area contributed by atoms with E-state index in [0.717, 1.165) is 13.1 Å². The van der Waals surface area contributed by atoms with E-state index in [1.807, 2.05) is 4.90 Å². The van der Waals surface area contributed by atoms with Crippen molar-refractivity contribution >= 4 is 40.9 Å². The van der Waals surface area contributed by atoms with E-state index in [-0.39, 0.29) is 34.4 Å². The first kappa shape index (κ1) is 22.8. The predicted molar refractivity (Wildman–Crippen MR) is 121 cm³/mol. The first-order valence-corrected chi connectivity index (χ1v) is 11.2. The summed E-state index contributed by atoms with van der Waals surface area (Å²) in [5.74, 6) is -0.329. The zero-order valence-corrected chi connectivity index (χ0v) is 19.1. The van der Waals surface area contributed by atoms with Crippen molar-refractivity contribution in [2.24, 2.45) is 0 Å². The number of carboxylic acid groups (broad SMARTS) is 1. The number of carbonyl (C=O) groups excluding carboxylic acids is 1. The lowest BCUT2D eigenvalue weighted by Crippen LogP contribution is -2.46. The molecule has 0 spiro atoms. The third-order valence-electron chi connectivity index (χ3n) is 5.74. The second kappa shape index (κ2) is 9.62. The maximum Gasteiger partial charge on any atom is 0.354 e. The van der Waals surface area contributed by atoms with Crippen LogP contribution in [-0.2, 0) is 0 Å². The molecule has 1 unspecified atom stereocenters. The van der Waals surface area contributed by atoms with Crippen LogP contribution in [0.1, 0.15) is 51.4 Å². The monoisotopic (exact) mass is 481 g/mol. The number of nitrogens with one attached hydrogen (secondary N) is 4. The first-order chi connectivity index (χ1) is 15.3. The van der Waals surface area contributed by atoms with Crippen LogP contribution in [0.15, 0.2) is 6.07 Å². The molecule has 2 saturated heterocycles. The van der Waals surface area contributed by atoms with Gasteiger partial charge in [0.1, 0.15) is 17.3 Å². The fourth-order valence-electron chi connectivity index (χ4n) is 3.95. The SMILES string of the molecule is Cc1[nH]c(C(=O)NC2CCN(c3cc(C(=O)O)nc(C4CNCCN4)n3)CC2)c(Cl)c1Cl. The van der Waals surface area contributed by atoms with Crippen molar-refractivity contribution in [1.29, 1.82) is 0 Å². The third kappa shape index (κ3) is 4.83. The van der Waals surface area contributed by atoms with Crippen LogP contribution in [0.25, 0.3) is 0 Å². The molecular weight excluding hydrogens is 457 g/mol. The topological polar surface area (TPSA) is 135 Å². The maximum atomic E-state index is 12.6. The summed E-state index contributed by atoms with van der Waals surface area (Å²) in [4.78, 5) is 38.0. The number of halogens is 2. The summed E-state index contributed by atoms with van der Waals surface area (Å²) in [6.45, 7) is 5.25. The van der Waals surface area contributed by atoms with Crippen molar-refractivity contribution in [3.63, 3.8) is 0 Å². The van der Waals surface area contributed by atoms with E-state index in [4.69, 9.17) is 23.2 Å². The minimum atomic E-state index is -1.09. The van der Waals surface area contributed by atoms with Crippen LogP contribution in [0.5, 0.6) is 0 Å². The lowest BCUT2D eigenvalue weighted by molar-refractivity contribution is 0.0689. The Bertz CT molecular complexity index is 1010. The second-order valence-electron chi connectivity index (χ2n) is 7.97. The number of aromatic carboxylic acids is 1. The van der Waals surface area contributed by atoms with Gasteiger partial charge in [0.25, 0.3) is 5.91 Å². The van der Waals surface area contributed by atoms with Crippen LogP contribution in [0.2, 0.25) is 10.0 Å². The largest absolute Gasteiger partial charge is 0.477 e. The van der Waals surface area contributed by atoms with Gasteiger partial charge in [0.15, 0.2) is 5.69 Å². The van der Waals surface area contributed by atoms with Gasteiger partial charge in [0, 0.05) is 50.5 Å². The zero-order chi connectivity index (χ0) is 22.8.